The maximum absolute atomic E-state index is 12.8. The molecule has 2 aliphatic heterocycles. The molecule has 5 nitrogen and oxygen atoms in total. The van der Waals surface area contributed by atoms with Crippen molar-refractivity contribution in [3.63, 3.8) is 0 Å². The highest BCUT2D eigenvalue weighted by molar-refractivity contribution is 5.94. The molecule has 1 N–H and O–H groups in total. The zero-order valence-corrected chi connectivity index (χ0v) is 19.3. The molecule has 2 heterocycles. The molecular formula is C27H35N3O2. The molecule has 0 radical (unpaired) electrons. The lowest BCUT2D eigenvalue weighted by atomic mass is 9.93. The van der Waals surface area contributed by atoms with Crippen LogP contribution in [0, 0.1) is 0 Å². The summed E-state index contributed by atoms with van der Waals surface area (Å²) in [4.78, 5) is 19.8. The van der Waals surface area contributed by atoms with Gasteiger partial charge in [-0.2, -0.15) is 0 Å². The Bertz CT molecular complexity index is 924. The number of rotatable bonds is 8. The first-order valence-electron chi connectivity index (χ1n) is 11.8. The first-order chi connectivity index (χ1) is 15.5. The average Bonchev–Trinajstić information content (AvgIpc) is 3.04. The average molecular weight is 434 g/mol. The largest absolute Gasteiger partial charge is 0.508 e. The van der Waals surface area contributed by atoms with Crippen molar-refractivity contribution in [2.24, 2.45) is 0 Å². The van der Waals surface area contributed by atoms with Crippen LogP contribution in [0.5, 0.6) is 5.75 Å². The molecule has 5 heteroatoms. The zero-order valence-electron chi connectivity index (χ0n) is 19.3. The molecule has 2 bridgehead atoms. The minimum Gasteiger partial charge on any atom is -0.508 e. The Morgan fingerprint density at radius 3 is 2.31 bits per heavy atom. The predicted molar refractivity (Wildman–Crippen MR) is 129 cm³/mol. The number of fused-ring (bicyclic) bond motifs is 2. The molecule has 2 aromatic rings. The number of carbonyl (C=O) groups is 1. The van der Waals surface area contributed by atoms with Gasteiger partial charge in [0.05, 0.1) is 6.04 Å². The number of phenolic OH excluding ortho intramolecular Hbond substituents is 1. The van der Waals surface area contributed by atoms with Crippen molar-refractivity contribution in [2.45, 2.75) is 44.8 Å². The molecule has 2 aromatic carbocycles. The summed E-state index contributed by atoms with van der Waals surface area (Å²) in [6.07, 6.45) is 4.37. The van der Waals surface area contributed by atoms with Crippen LogP contribution in [0.2, 0.25) is 0 Å². The van der Waals surface area contributed by atoms with E-state index in [0.29, 0.717) is 30.9 Å². The number of phenols is 1. The quantitative estimate of drug-likeness (QED) is 0.631. The van der Waals surface area contributed by atoms with Crippen LogP contribution in [0.3, 0.4) is 0 Å². The molecule has 170 valence electrons. The standard InChI is InChI=1S/C27H35N3O2/c1-4-16-28-18-23-14-15-24(19-28)30(23)26(22-8-7-9-25(31)17-22)20-10-12-21(13-11-20)27(32)29(5-2)6-3/h4,7-13,17,23-24,26,31H,1,5-6,14-16,18-19H2,2-3H3. The van der Waals surface area contributed by atoms with Crippen LogP contribution in [0.1, 0.15) is 54.2 Å². The summed E-state index contributed by atoms with van der Waals surface area (Å²) in [5, 5.41) is 10.2. The van der Waals surface area contributed by atoms with Gasteiger partial charge in [-0.3, -0.25) is 14.6 Å². The summed E-state index contributed by atoms with van der Waals surface area (Å²) >= 11 is 0. The van der Waals surface area contributed by atoms with Crippen molar-refractivity contribution in [1.29, 1.82) is 0 Å². The Morgan fingerprint density at radius 2 is 1.75 bits per heavy atom. The van der Waals surface area contributed by atoms with E-state index < -0.39 is 0 Å². The van der Waals surface area contributed by atoms with Gasteiger partial charge in [-0.15, -0.1) is 6.58 Å². The fourth-order valence-electron chi connectivity index (χ4n) is 5.51. The Hall–Kier alpha value is -2.63. The van der Waals surface area contributed by atoms with Crippen LogP contribution in [0.4, 0.5) is 0 Å². The normalized spacial score (nSPS) is 21.9. The van der Waals surface area contributed by atoms with E-state index in [1.807, 2.05) is 49.1 Å². The molecular weight excluding hydrogens is 398 g/mol. The van der Waals surface area contributed by atoms with Gasteiger partial charge in [-0.25, -0.2) is 0 Å². The van der Waals surface area contributed by atoms with Crippen molar-refractivity contribution in [1.82, 2.24) is 14.7 Å². The van der Waals surface area contributed by atoms with Crippen LogP contribution in [0.25, 0.3) is 0 Å². The van der Waals surface area contributed by atoms with Gasteiger partial charge in [0.1, 0.15) is 5.75 Å². The number of benzene rings is 2. The third-order valence-corrected chi connectivity index (χ3v) is 7.01. The molecule has 3 unspecified atom stereocenters. The van der Waals surface area contributed by atoms with E-state index >= 15 is 0 Å². The van der Waals surface area contributed by atoms with Gasteiger partial charge < -0.3 is 10.0 Å². The van der Waals surface area contributed by atoms with Gasteiger partial charge in [0, 0.05) is 50.4 Å². The van der Waals surface area contributed by atoms with Crippen LogP contribution >= 0.6 is 0 Å². The van der Waals surface area contributed by atoms with Gasteiger partial charge in [0.25, 0.3) is 5.91 Å². The van der Waals surface area contributed by atoms with E-state index in [4.69, 9.17) is 0 Å². The van der Waals surface area contributed by atoms with Gasteiger partial charge in [0.2, 0.25) is 0 Å². The van der Waals surface area contributed by atoms with Crippen molar-refractivity contribution in [2.75, 3.05) is 32.7 Å². The Morgan fingerprint density at radius 1 is 1.09 bits per heavy atom. The molecule has 1 amide bonds. The Kier molecular flexibility index (Phi) is 6.97. The summed E-state index contributed by atoms with van der Waals surface area (Å²) in [7, 11) is 0. The third-order valence-electron chi connectivity index (χ3n) is 7.01. The zero-order chi connectivity index (χ0) is 22.7. The smallest absolute Gasteiger partial charge is 0.253 e. The number of carbonyl (C=O) groups excluding carboxylic acids is 1. The summed E-state index contributed by atoms with van der Waals surface area (Å²) in [6, 6.07) is 16.8. The highest BCUT2D eigenvalue weighted by Crippen LogP contribution is 2.41. The van der Waals surface area contributed by atoms with Gasteiger partial charge >= 0.3 is 0 Å². The van der Waals surface area contributed by atoms with E-state index in [1.54, 1.807) is 6.07 Å². The highest BCUT2D eigenvalue weighted by Gasteiger charge is 2.43. The number of aromatic hydroxyl groups is 1. The van der Waals surface area contributed by atoms with E-state index in [9.17, 15) is 9.90 Å². The number of piperazine rings is 1. The second-order valence-electron chi connectivity index (χ2n) is 8.94. The van der Waals surface area contributed by atoms with Crippen molar-refractivity contribution in [3.05, 3.63) is 77.9 Å². The number of hydrogen-bond donors (Lipinski definition) is 1. The van der Waals surface area contributed by atoms with E-state index in [1.165, 1.54) is 18.4 Å². The monoisotopic (exact) mass is 433 g/mol. The topological polar surface area (TPSA) is 47.0 Å². The number of nitrogens with zero attached hydrogens (tertiary/aromatic N) is 3. The maximum atomic E-state index is 12.8. The summed E-state index contributed by atoms with van der Waals surface area (Å²) in [5.74, 6) is 0.368. The van der Waals surface area contributed by atoms with Gasteiger partial charge in [-0.05, 0) is 62.1 Å². The van der Waals surface area contributed by atoms with Gasteiger partial charge in [0.15, 0.2) is 0 Å². The van der Waals surface area contributed by atoms with Gasteiger partial charge in [-0.1, -0.05) is 30.3 Å². The molecule has 4 rings (SSSR count). The lowest BCUT2D eigenvalue weighted by Crippen LogP contribution is -2.54. The summed E-state index contributed by atoms with van der Waals surface area (Å²) < 4.78 is 0. The molecule has 32 heavy (non-hydrogen) atoms. The maximum Gasteiger partial charge on any atom is 0.253 e. The Labute approximate surface area is 191 Å². The predicted octanol–water partition coefficient (Wildman–Crippen LogP) is 4.30. The van der Waals surface area contributed by atoms with E-state index in [2.05, 4.69) is 34.6 Å². The molecule has 2 aliphatic rings. The van der Waals surface area contributed by atoms with Crippen molar-refractivity contribution in [3.8, 4) is 5.75 Å². The Balaban J connectivity index is 1.67. The molecule has 0 spiro atoms. The minimum absolute atomic E-state index is 0.0584. The van der Waals surface area contributed by atoms with Crippen LogP contribution < -0.4 is 0 Å². The third kappa shape index (κ3) is 4.45. The fourth-order valence-corrected chi connectivity index (χ4v) is 5.51. The summed E-state index contributed by atoms with van der Waals surface area (Å²) in [5.41, 5.74) is 2.99. The van der Waals surface area contributed by atoms with Crippen LogP contribution in [-0.4, -0.2) is 70.5 Å². The van der Waals surface area contributed by atoms with E-state index in [0.717, 1.165) is 30.8 Å². The first-order valence-corrected chi connectivity index (χ1v) is 11.8. The SMILES string of the molecule is C=CCN1CC2CCC(C1)N2C(c1ccc(C(=O)N(CC)CC)cc1)c1cccc(O)c1. The number of amides is 1. The van der Waals surface area contributed by atoms with Crippen molar-refractivity contribution < 1.29 is 9.90 Å². The molecule has 0 aliphatic carbocycles. The lowest BCUT2D eigenvalue weighted by Gasteiger charge is -2.45. The molecule has 2 fully saturated rings. The first kappa shape index (κ1) is 22.6. The second-order valence-corrected chi connectivity index (χ2v) is 8.94. The molecule has 0 saturated carbocycles. The number of likely N-dealkylation sites (tertiary alicyclic amines) is 1. The van der Waals surface area contributed by atoms with E-state index in [-0.39, 0.29) is 11.9 Å². The van der Waals surface area contributed by atoms with Crippen molar-refractivity contribution >= 4 is 5.91 Å². The minimum atomic E-state index is 0.0584. The summed E-state index contributed by atoms with van der Waals surface area (Å²) in [6.45, 7) is 12.4. The highest BCUT2D eigenvalue weighted by atomic mass is 16.3. The lowest BCUT2D eigenvalue weighted by molar-refractivity contribution is 0.0499. The molecule has 2 saturated heterocycles. The number of hydrogen-bond acceptors (Lipinski definition) is 4. The molecule has 3 atom stereocenters. The van der Waals surface area contributed by atoms with Crippen LogP contribution in [-0.2, 0) is 0 Å². The molecule has 0 aromatic heterocycles. The second kappa shape index (κ2) is 9.88. The fraction of sp³-hybridized carbons (Fsp3) is 0.444. The van der Waals surface area contributed by atoms with Crippen LogP contribution in [0.15, 0.2) is 61.2 Å².